The van der Waals surface area contributed by atoms with Crippen LogP contribution in [-0.2, 0) is 11.3 Å². The number of thiophene rings is 1. The summed E-state index contributed by atoms with van der Waals surface area (Å²) in [5.74, 6) is 0.885. The Bertz CT molecular complexity index is 1310. The molecular weight excluding hydrogens is 424 g/mol. The zero-order valence-electron chi connectivity index (χ0n) is 15.9. The third-order valence-corrected chi connectivity index (χ3v) is 6.38. The van der Waals surface area contributed by atoms with Gasteiger partial charge in [-0.2, -0.15) is 4.98 Å². The Morgan fingerprint density at radius 1 is 1.20 bits per heavy atom. The van der Waals surface area contributed by atoms with Gasteiger partial charge in [0, 0.05) is 11.8 Å². The number of nitrogens with zero attached hydrogens (tertiary/aromatic N) is 3. The van der Waals surface area contributed by atoms with Crippen molar-refractivity contribution in [1.82, 2.24) is 14.5 Å². The lowest BCUT2D eigenvalue weighted by molar-refractivity contribution is -0.116. The summed E-state index contributed by atoms with van der Waals surface area (Å²) in [6.45, 7) is 2.67. The fourth-order valence-corrected chi connectivity index (χ4v) is 4.86. The molecule has 8 nitrogen and oxygen atoms in total. The van der Waals surface area contributed by atoms with Crippen molar-refractivity contribution >= 4 is 44.6 Å². The van der Waals surface area contributed by atoms with Crippen molar-refractivity contribution in [1.29, 1.82) is 0 Å². The molecule has 0 radical (unpaired) electrons. The molecule has 4 heterocycles. The number of nitrogens with one attached hydrogen (secondary N) is 1. The maximum atomic E-state index is 12.8. The van der Waals surface area contributed by atoms with Gasteiger partial charge in [-0.05, 0) is 30.5 Å². The van der Waals surface area contributed by atoms with Crippen LogP contribution in [0.25, 0.3) is 20.9 Å². The fraction of sp³-hybridized carbons (Fsp3) is 0.200. The Labute approximate surface area is 178 Å². The van der Waals surface area contributed by atoms with E-state index in [9.17, 15) is 9.59 Å². The van der Waals surface area contributed by atoms with E-state index in [4.69, 9.17) is 9.47 Å². The number of hydrogen-bond donors (Lipinski definition) is 1. The maximum Gasteiger partial charge on any atom is 0.349 e. The Morgan fingerprint density at radius 3 is 2.83 bits per heavy atom. The number of ether oxygens (including phenoxy) is 2. The molecule has 0 unspecified atom stereocenters. The summed E-state index contributed by atoms with van der Waals surface area (Å²) < 4.78 is 12.4. The van der Waals surface area contributed by atoms with E-state index < -0.39 is 5.69 Å². The number of rotatable bonds is 4. The van der Waals surface area contributed by atoms with Crippen molar-refractivity contribution in [3.63, 3.8) is 0 Å². The highest BCUT2D eigenvalue weighted by atomic mass is 32.1. The minimum Gasteiger partial charge on any atom is -0.486 e. The molecule has 30 heavy (non-hydrogen) atoms. The van der Waals surface area contributed by atoms with Crippen molar-refractivity contribution in [3.8, 4) is 22.1 Å². The predicted octanol–water partition coefficient (Wildman–Crippen LogP) is 3.30. The fourth-order valence-electron chi connectivity index (χ4n) is 3.24. The average molecular weight is 441 g/mol. The van der Waals surface area contributed by atoms with Crippen LogP contribution in [0, 0.1) is 6.92 Å². The highest BCUT2D eigenvalue weighted by Gasteiger charge is 2.19. The molecule has 1 aromatic carbocycles. The minimum absolute atomic E-state index is 0.164. The highest BCUT2D eigenvalue weighted by Crippen LogP contribution is 2.33. The lowest BCUT2D eigenvalue weighted by Gasteiger charge is -2.19. The van der Waals surface area contributed by atoms with Gasteiger partial charge in [-0.3, -0.25) is 9.36 Å². The smallest absolute Gasteiger partial charge is 0.349 e. The molecule has 0 aliphatic carbocycles. The summed E-state index contributed by atoms with van der Waals surface area (Å²) in [6.07, 6.45) is 0. The number of carbonyl (C=O) groups is 1. The topological polar surface area (TPSA) is 95.3 Å². The van der Waals surface area contributed by atoms with Crippen molar-refractivity contribution in [2.45, 2.75) is 13.5 Å². The van der Waals surface area contributed by atoms with Crippen LogP contribution in [0.4, 0.5) is 5.69 Å². The predicted molar refractivity (Wildman–Crippen MR) is 116 cm³/mol. The van der Waals surface area contributed by atoms with Crippen LogP contribution in [0.2, 0.25) is 0 Å². The minimum atomic E-state index is -0.480. The molecule has 152 valence electrons. The Hall–Kier alpha value is -3.24. The van der Waals surface area contributed by atoms with E-state index in [0.29, 0.717) is 46.4 Å². The van der Waals surface area contributed by atoms with Crippen LogP contribution in [0.15, 0.2) is 40.5 Å². The normalized spacial score (nSPS) is 12.8. The quantitative estimate of drug-likeness (QED) is 0.523. The van der Waals surface area contributed by atoms with Gasteiger partial charge in [0.05, 0.1) is 9.88 Å². The summed E-state index contributed by atoms with van der Waals surface area (Å²) in [5.41, 5.74) is 1.27. The molecule has 0 spiro atoms. The molecule has 1 N–H and O–H groups in total. The van der Waals surface area contributed by atoms with Crippen LogP contribution in [-0.4, -0.2) is 33.7 Å². The number of hydrogen-bond acceptors (Lipinski definition) is 8. The number of fused-ring (bicyclic) bond motifs is 2. The van der Waals surface area contributed by atoms with Crippen molar-refractivity contribution < 1.29 is 14.3 Å². The number of carbonyl (C=O) groups excluding carboxylic acids is 1. The number of anilines is 1. The van der Waals surface area contributed by atoms with Gasteiger partial charge in [-0.1, -0.05) is 6.07 Å². The molecule has 0 atom stereocenters. The largest absolute Gasteiger partial charge is 0.486 e. The maximum absolute atomic E-state index is 12.8. The van der Waals surface area contributed by atoms with Gasteiger partial charge in [-0.15, -0.1) is 22.7 Å². The van der Waals surface area contributed by atoms with Gasteiger partial charge in [0.15, 0.2) is 11.5 Å². The molecule has 10 heteroatoms. The van der Waals surface area contributed by atoms with Gasteiger partial charge < -0.3 is 14.8 Å². The molecule has 0 saturated carbocycles. The zero-order chi connectivity index (χ0) is 20.7. The van der Waals surface area contributed by atoms with Crippen molar-refractivity contribution in [2.24, 2.45) is 0 Å². The second kappa shape index (κ2) is 7.54. The lowest BCUT2D eigenvalue weighted by atomic mass is 10.2. The molecule has 5 rings (SSSR count). The van der Waals surface area contributed by atoms with Gasteiger partial charge >= 0.3 is 5.69 Å². The van der Waals surface area contributed by atoms with Crippen LogP contribution >= 0.6 is 22.7 Å². The van der Waals surface area contributed by atoms with Gasteiger partial charge in [0.2, 0.25) is 5.91 Å². The number of amides is 1. The molecule has 0 saturated heterocycles. The Morgan fingerprint density at radius 2 is 2.03 bits per heavy atom. The third kappa shape index (κ3) is 3.44. The SMILES string of the molecule is Cc1nc2c(-c3cccs3)nc(=O)n(CC(=O)Nc3ccc4c(c3)OCCO4)c2s1. The van der Waals surface area contributed by atoms with E-state index in [2.05, 4.69) is 15.3 Å². The highest BCUT2D eigenvalue weighted by molar-refractivity contribution is 7.18. The van der Waals surface area contributed by atoms with Crippen LogP contribution in [0.3, 0.4) is 0 Å². The van der Waals surface area contributed by atoms with Crippen LogP contribution in [0.5, 0.6) is 11.5 Å². The number of aryl methyl sites for hydroxylation is 1. The van der Waals surface area contributed by atoms with E-state index in [-0.39, 0.29) is 12.5 Å². The van der Waals surface area contributed by atoms with E-state index in [1.807, 2.05) is 24.4 Å². The van der Waals surface area contributed by atoms with Crippen LogP contribution in [0.1, 0.15) is 5.01 Å². The number of aromatic nitrogens is 3. The number of benzene rings is 1. The lowest BCUT2D eigenvalue weighted by Crippen LogP contribution is -2.29. The van der Waals surface area contributed by atoms with E-state index in [1.54, 1.807) is 18.2 Å². The van der Waals surface area contributed by atoms with E-state index in [1.165, 1.54) is 27.2 Å². The Balaban J connectivity index is 1.45. The number of thiazole rings is 1. The summed E-state index contributed by atoms with van der Waals surface area (Å²) in [7, 11) is 0. The summed E-state index contributed by atoms with van der Waals surface area (Å²) >= 11 is 2.87. The molecule has 3 aromatic heterocycles. The average Bonchev–Trinajstić information content (AvgIpc) is 3.39. The van der Waals surface area contributed by atoms with Crippen molar-refractivity contribution in [3.05, 3.63) is 51.2 Å². The first-order valence-corrected chi connectivity index (χ1v) is 10.9. The molecule has 0 bridgehead atoms. The molecule has 0 fully saturated rings. The second-order valence-corrected chi connectivity index (χ2v) is 8.73. The summed E-state index contributed by atoms with van der Waals surface area (Å²) in [4.78, 5) is 35.7. The molecule has 4 aromatic rings. The monoisotopic (exact) mass is 440 g/mol. The van der Waals surface area contributed by atoms with E-state index in [0.717, 1.165) is 9.88 Å². The summed E-state index contributed by atoms with van der Waals surface area (Å²) in [5, 5.41) is 5.53. The van der Waals surface area contributed by atoms with Crippen molar-refractivity contribution in [2.75, 3.05) is 18.5 Å². The van der Waals surface area contributed by atoms with Gasteiger partial charge in [0.25, 0.3) is 0 Å². The zero-order valence-corrected chi connectivity index (χ0v) is 17.5. The molecule has 1 aliphatic rings. The molecule has 1 amide bonds. The first kappa shape index (κ1) is 18.8. The second-order valence-electron chi connectivity index (χ2n) is 6.60. The standard InChI is InChI=1S/C20H16N4O4S2/c1-11-21-18-17(15-3-2-8-29-15)23-20(26)24(19(18)30-11)10-16(25)22-12-4-5-13-14(9-12)28-7-6-27-13/h2-5,8-9H,6-7,10H2,1H3,(H,22,25). The van der Waals surface area contributed by atoms with Crippen LogP contribution < -0.4 is 20.5 Å². The molecular formula is C20H16N4O4S2. The summed E-state index contributed by atoms with van der Waals surface area (Å²) in [6, 6.07) is 9.00. The first-order valence-electron chi connectivity index (χ1n) is 9.20. The van der Waals surface area contributed by atoms with Gasteiger partial charge in [-0.25, -0.2) is 9.78 Å². The molecule has 1 aliphatic heterocycles. The van der Waals surface area contributed by atoms with Gasteiger partial charge in [0.1, 0.15) is 35.8 Å². The van der Waals surface area contributed by atoms with E-state index >= 15 is 0 Å². The first-order chi connectivity index (χ1) is 14.6. The Kier molecular flexibility index (Phi) is 4.72. The third-order valence-electron chi connectivity index (χ3n) is 4.51.